The molecule has 1 heterocycles. The molecule has 0 fully saturated rings. The summed E-state index contributed by atoms with van der Waals surface area (Å²) in [7, 11) is 1.51. The van der Waals surface area contributed by atoms with Crippen LogP contribution in [0.1, 0.15) is 36.3 Å². The molecule has 0 bridgehead atoms. The highest BCUT2D eigenvalue weighted by atomic mass is 16.5. The monoisotopic (exact) mass is 330 g/mol. The van der Waals surface area contributed by atoms with E-state index in [4.69, 9.17) is 9.15 Å². The number of ketones is 1. The Labute approximate surface area is 140 Å². The highest BCUT2D eigenvalue weighted by Gasteiger charge is 2.21. The number of carbonyl (C=O) groups excluding carboxylic acids is 1. The number of benzene rings is 1. The van der Waals surface area contributed by atoms with Gasteiger partial charge in [-0.25, -0.2) is 0 Å². The maximum atomic E-state index is 12.7. The molecule has 0 amide bonds. The summed E-state index contributed by atoms with van der Waals surface area (Å²) < 4.78 is 11.2. The Bertz CT molecular complexity index is 895. The zero-order valence-electron chi connectivity index (χ0n) is 14.8. The normalized spacial score (nSPS) is 12.1. The Morgan fingerprint density at radius 1 is 1.25 bits per heavy atom. The van der Waals surface area contributed by atoms with E-state index in [9.17, 15) is 14.7 Å². The van der Waals surface area contributed by atoms with Crippen molar-refractivity contribution in [3.8, 4) is 5.75 Å². The van der Waals surface area contributed by atoms with Crippen LogP contribution in [0.25, 0.3) is 17.0 Å². The van der Waals surface area contributed by atoms with Crippen molar-refractivity contribution in [1.29, 1.82) is 0 Å². The van der Waals surface area contributed by atoms with Crippen LogP contribution in [0, 0.1) is 20.8 Å². The first-order valence-corrected chi connectivity index (χ1v) is 7.64. The molecule has 0 spiro atoms. The smallest absolute Gasteiger partial charge is 0.199 e. The Kier molecular flexibility index (Phi) is 4.67. The molecule has 5 heteroatoms. The summed E-state index contributed by atoms with van der Waals surface area (Å²) in [5.41, 5.74) is 0.922. The van der Waals surface area contributed by atoms with E-state index in [1.165, 1.54) is 33.1 Å². The Hall–Kier alpha value is -2.40. The summed E-state index contributed by atoms with van der Waals surface area (Å²) in [5.74, 6) is 0.289. The summed E-state index contributed by atoms with van der Waals surface area (Å²) >= 11 is 0. The van der Waals surface area contributed by atoms with Crippen molar-refractivity contribution < 1.29 is 19.1 Å². The molecule has 0 aliphatic carbocycles. The standard InChI is InChI=1S/C19H22O5/c1-10-9-14(23-6)16-17(21)12(3)13(24-18(16)11(10)2)7-8-15(20)19(4,5)22/h7-9,22H,1-6H3. The lowest BCUT2D eigenvalue weighted by atomic mass is 10.0. The van der Waals surface area contributed by atoms with Crippen LogP contribution in [0.4, 0.5) is 0 Å². The second-order valence-corrected chi connectivity index (χ2v) is 6.40. The van der Waals surface area contributed by atoms with Crippen LogP contribution in [0.5, 0.6) is 5.75 Å². The van der Waals surface area contributed by atoms with Gasteiger partial charge in [-0.15, -0.1) is 0 Å². The van der Waals surface area contributed by atoms with Gasteiger partial charge in [-0.3, -0.25) is 9.59 Å². The first kappa shape index (κ1) is 17.9. The van der Waals surface area contributed by atoms with Crippen LogP contribution in [-0.2, 0) is 4.79 Å². The number of rotatable bonds is 4. The third-order valence-corrected chi connectivity index (χ3v) is 4.11. The molecule has 2 rings (SSSR count). The number of aryl methyl sites for hydroxylation is 2. The quantitative estimate of drug-likeness (QED) is 0.872. The van der Waals surface area contributed by atoms with Gasteiger partial charge in [0.2, 0.25) is 0 Å². The first-order valence-electron chi connectivity index (χ1n) is 7.64. The van der Waals surface area contributed by atoms with Crippen LogP contribution in [0.2, 0.25) is 0 Å². The maximum Gasteiger partial charge on any atom is 0.199 e. The van der Waals surface area contributed by atoms with Crippen molar-refractivity contribution in [2.45, 2.75) is 40.2 Å². The minimum absolute atomic E-state index is 0.202. The Morgan fingerprint density at radius 3 is 2.42 bits per heavy atom. The third kappa shape index (κ3) is 3.12. The summed E-state index contributed by atoms with van der Waals surface area (Å²) in [4.78, 5) is 24.6. The lowest BCUT2D eigenvalue weighted by Gasteiger charge is -2.13. The van der Waals surface area contributed by atoms with Crippen molar-refractivity contribution in [1.82, 2.24) is 0 Å². The molecule has 5 nitrogen and oxygen atoms in total. The number of hydrogen-bond donors (Lipinski definition) is 1. The molecule has 0 saturated carbocycles. The molecule has 0 radical (unpaired) electrons. The average Bonchev–Trinajstić information content (AvgIpc) is 2.51. The van der Waals surface area contributed by atoms with Gasteiger partial charge in [0.1, 0.15) is 28.1 Å². The average molecular weight is 330 g/mol. The molecular weight excluding hydrogens is 308 g/mol. The van der Waals surface area contributed by atoms with Gasteiger partial charge in [-0.05, 0) is 64.0 Å². The number of fused-ring (bicyclic) bond motifs is 1. The van der Waals surface area contributed by atoms with E-state index in [1.54, 1.807) is 13.0 Å². The molecule has 0 aliphatic rings. The molecule has 0 aliphatic heterocycles. The van der Waals surface area contributed by atoms with E-state index in [1.807, 2.05) is 13.8 Å². The molecule has 0 unspecified atom stereocenters. The fourth-order valence-corrected chi connectivity index (χ4v) is 2.36. The number of ether oxygens (including phenoxy) is 1. The largest absolute Gasteiger partial charge is 0.496 e. The van der Waals surface area contributed by atoms with Gasteiger partial charge in [0, 0.05) is 5.56 Å². The predicted octanol–water partition coefficient (Wildman–Crippen LogP) is 3.08. The summed E-state index contributed by atoms with van der Waals surface area (Å²) in [6.45, 7) is 8.21. The number of hydrogen-bond acceptors (Lipinski definition) is 5. The van der Waals surface area contributed by atoms with E-state index in [2.05, 4.69) is 0 Å². The van der Waals surface area contributed by atoms with Gasteiger partial charge in [0.25, 0.3) is 0 Å². The predicted molar refractivity (Wildman–Crippen MR) is 93.6 cm³/mol. The van der Waals surface area contributed by atoms with Crippen LogP contribution >= 0.6 is 0 Å². The Morgan fingerprint density at radius 2 is 1.88 bits per heavy atom. The molecule has 1 aromatic carbocycles. The maximum absolute atomic E-state index is 12.7. The van der Waals surface area contributed by atoms with Gasteiger partial charge in [-0.1, -0.05) is 0 Å². The summed E-state index contributed by atoms with van der Waals surface area (Å²) in [6, 6.07) is 1.81. The molecule has 24 heavy (non-hydrogen) atoms. The molecule has 1 aromatic heterocycles. The molecular formula is C19H22O5. The van der Waals surface area contributed by atoms with E-state index >= 15 is 0 Å². The van der Waals surface area contributed by atoms with Gasteiger partial charge < -0.3 is 14.3 Å². The van der Waals surface area contributed by atoms with Crippen LogP contribution in [-0.4, -0.2) is 23.6 Å². The molecule has 0 saturated heterocycles. The van der Waals surface area contributed by atoms with Crippen LogP contribution in [0.3, 0.4) is 0 Å². The summed E-state index contributed by atoms with van der Waals surface area (Å²) in [5, 5.41) is 10.1. The fraction of sp³-hybridized carbons (Fsp3) is 0.368. The van der Waals surface area contributed by atoms with Crippen molar-refractivity contribution >= 4 is 22.8 Å². The molecule has 1 N–H and O–H groups in total. The van der Waals surface area contributed by atoms with Crippen LogP contribution in [0.15, 0.2) is 21.4 Å². The third-order valence-electron chi connectivity index (χ3n) is 4.11. The van der Waals surface area contributed by atoms with Crippen LogP contribution < -0.4 is 10.2 Å². The summed E-state index contributed by atoms with van der Waals surface area (Å²) in [6.07, 6.45) is 2.64. The van der Waals surface area contributed by atoms with Crippen molar-refractivity contribution in [2.75, 3.05) is 7.11 Å². The fourth-order valence-electron chi connectivity index (χ4n) is 2.36. The highest BCUT2D eigenvalue weighted by molar-refractivity contribution is 5.99. The lowest BCUT2D eigenvalue weighted by Crippen LogP contribution is -2.29. The minimum Gasteiger partial charge on any atom is -0.496 e. The molecule has 2 aromatic rings. The molecule has 0 atom stereocenters. The second-order valence-electron chi connectivity index (χ2n) is 6.40. The number of aliphatic hydroxyl groups is 1. The number of methoxy groups -OCH3 is 1. The van der Waals surface area contributed by atoms with E-state index < -0.39 is 11.4 Å². The van der Waals surface area contributed by atoms with Crippen molar-refractivity contribution in [3.63, 3.8) is 0 Å². The second kappa shape index (κ2) is 6.24. The molecule has 128 valence electrons. The zero-order valence-corrected chi connectivity index (χ0v) is 14.8. The van der Waals surface area contributed by atoms with Gasteiger partial charge in [0.15, 0.2) is 11.2 Å². The van der Waals surface area contributed by atoms with Crippen molar-refractivity contribution in [2.24, 2.45) is 0 Å². The lowest BCUT2D eigenvalue weighted by molar-refractivity contribution is -0.128. The Balaban J connectivity index is 2.73. The minimum atomic E-state index is -1.47. The SMILES string of the molecule is COc1cc(C)c(C)c2oc(C=CC(=O)C(C)(C)O)c(C)c(=O)c12. The van der Waals surface area contributed by atoms with Gasteiger partial charge in [-0.2, -0.15) is 0 Å². The number of carbonyl (C=O) groups is 1. The van der Waals surface area contributed by atoms with E-state index in [-0.39, 0.29) is 5.43 Å². The van der Waals surface area contributed by atoms with E-state index in [0.29, 0.717) is 28.0 Å². The highest BCUT2D eigenvalue weighted by Crippen LogP contribution is 2.30. The topological polar surface area (TPSA) is 76.7 Å². The van der Waals surface area contributed by atoms with Gasteiger partial charge >= 0.3 is 0 Å². The zero-order chi connectivity index (χ0) is 18.2. The van der Waals surface area contributed by atoms with Crippen molar-refractivity contribution in [3.05, 3.63) is 44.8 Å². The first-order chi connectivity index (χ1) is 11.1. The van der Waals surface area contributed by atoms with Gasteiger partial charge in [0.05, 0.1) is 7.11 Å². The van der Waals surface area contributed by atoms with E-state index in [0.717, 1.165) is 11.1 Å².